The van der Waals surface area contributed by atoms with Crippen molar-refractivity contribution in [2.24, 2.45) is 5.92 Å². The predicted octanol–water partition coefficient (Wildman–Crippen LogP) is 3.92. The molecule has 1 saturated heterocycles. The van der Waals surface area contributed by atoms with E-state index in [2.05, 4.69) is 49.2 Å². The Hall–Kier alpha value is -3.85. The summed E-state index contributed by atoms with van der Waals surface area (Å²) in [6.45, 7) is 4.00. The number of nitrogens with two attached hydrogens (primary N) is 1. The molecule has 1 amide bonds. The van der Waals surface area contributed by atoms with Gasteiger partial charge in [0.25, 0.3) is 5.56 Å². The zero-order chi connectivity index (χ0) is 25.5. The molecule has 1 aliphatic heterocycles. The average molecular weight is 500 g/mol. The molecule has 2 aliphatic rings. The lowest BCUT2D eigenvalue weighted by atomic mass is 9.88. The van der Waals surface area contributed by atoms with Gasteiger partial charge in [-0.25, -0.2) is 4.98 Å². The number of likely N-dealkylation sites (N-methyl/N-ethyl adjacent to an activating group) is 1. The van der Waals surface area contributed by atoms with Gasteiger partial charge >= 0.3 is 0 Å². The van der Waals surface area contributed by atoms with Crippen molar-refractivity contribution >= 4 is 44.9 Å². The number of pyridine rings is 1. The molecule has 192 valence electrons. The van der Waals surface area contributed by atoms with Crippen molar-refractivity contribution in [1.29, 1.82) is 0 Å². The van der Waals surface area contributed by atoms with Crippen LogP contribution in [0.2, 0.25) is 0 Å². The van der Waals surface area contributed by atoms with Crippen LogP contribution in [0, 0.1) is 5.92 Å². The van der Waals surface area contributed by atoms with Gasteiger partial charge in [0, 0.05) is 48.9 Å². The van der Waals surface area contributed by atoms with E-state index in [4.69, 9.17) is 5.73 Å². The molecule has 37 heavy (non-hydrogen) atoms. The molecular formula is C28H33N7O2. The summed E-state index contributed by atoms with van der Waals surface area (Å²) in [5.41, 5.74) is 11.0. The Kier molecular flexibility index (Phi) is 6.08. The number of hydrogen-bond donors (Lipinski definition) is 4. The summed E-state index contributed by atoms with van der Waals surface area (Å²) >= 11 is 0. The van der Waals surface area contributed by atoms with Crippen molar-refractivity contribution < 1.29 is 4.79 Å². The summed E-state index contributed by atoms with van der Waals surface area (Å²) in [6, 6.07) is 11.6. The molecule has 9 nitrogen and oxygen atoms in total. The number of carbonyl (C=O) groups excluding carboxylic acids is 1. The molecule has 2 aromatic carbocycles. The number of piperazine rings is 1. The second-order valence-corrected chi connectivity index (χ2v) is 10.4. The standard InChI is InChI=1S/C28H33N7O2/c1-34-11-13-35(14-12-34)19-8-10-22-23(16-19)32-26(31-22)24-25(29)20-15-18(7-9-21(20)33-28(24)37)30-27(36)17-5-3-2-4-6-17/h7-10,15-17H,2-6,11-14H2,1H3,(H,30,36)(H,31,32)(H3,29,33,37). The highest BCUT2D eigenvalue weighted by Crippen LogP contribution is 2.32. The second-order valence-electron chi connectivity index (χ2n) is 10.4. The van der Waals surface area contributed by atoms with Crippen LogP contribution in [0.1, 0.15) is 32.1 Å². The normalized spacial score (nSPS) is 17.5. The van der Waals surface area contributed by atoms with E-state index < -0.39 is 0 Å². The number of benzene rings is 2. The van der Waals surface area contributed by atoms with Gasteiger partial charge in [-0.05, 0) is 56.3 Å². The lowest BCUT2D eigenvalue weighted by molar-refractivity contribution is -0.120. The van der Waals surface area contributed by atoms with Gasteiger partial charge in [-0.1, -0.05) is 19.3 Å². The first-order chi connectivity index (χ1) is 18.0. The average Bonchev–Trinajstić information content (AvgIpc) is 3.33. The molecule has 9 heteroatoms. The van der Waals surface area contributed by atoms with Crippen molar-refractivity contribution in [1.82, 2.24) is 19.9 Å². The summed E-state index contributed by atoms with van der Waals surface area (Å²) in [5, 5.41) is 3.72. The number of imidazole rings is 1. The molecule has 3 heterocycles. The van der Waals surface area contributed by atoms with E-state index in [1.165, 1.54) is 6.42 Å². The van der Waals surface area contributed by atoms with E-state index in [9.17, 15) is 9.59 Å². The summed E-state index contributed by atoms with van der Waals surface area (Å²) in [5.74, 6) is 0.540. The Labute approximate surface area is 215 Å². The van der Waals surface area contributed by atoms with Crippen LogP contribution in [-0.2, 0) is 4.79 Å². The van der Waals surface area contributed by atoms with Gasteiger partial charge in [0.2, 0.25) is 5.91 Å². The van der Waals surface area contributed by atoms with Gasteiger partial charge in [0.05, 0.1) is 22.2 Å². The number of nitrogen functional groups attached to an aromatic ring is 1. The van der Waals surface area contributed by atoms with E-state index in [-0.39, 0.29) is 17.4 Å². The molecule has 2 aromatic heterocycles. The lowest BCUT2D eigenvalue weighted by Gasteiger charge is -2.34. The van der Waals surface area contributed by atoms with Crippen molar-refractivity contribution in [2.75, 3.05) is 49.2 Å². The van der Waals surface area contributed by atoms with Crippen LogP contribution in [0.4, 0.5) is 17.1 Å². The minimum Gasteiger partial charge on any atom is -0.397 e. The van der Waals surface area contributed by atoms with Crippen molar-refractivity contribution in [3.8, 4) is 11.4 Å². The Morgan fingerprint density at radius 3 is 2.57 bits per heavy atom. The smallest absolute Gasteiger partial charge is 0.261 e. The van der Waals surface area contributed by atoms with E-state index in [1.54, 1.807) is 12.1 Å². The highest BCUT2D eigenvalue weighted by molar-refractivity contribution is 6.01. The Morgan fingerprint density at radius 2 is 1.78 bits per heavy atom. The third-order valence-electron chi connectivity index (χ3n) is 7.87. The third kappa shape index (κ3) is 4.55. The van der Waals surface area contributed by atoms with E-state index in [0.717, 1.165) is 68.6 Å². The zero-order valence-electron chi connectivity index (χ0n) is 21.1. The van der Waals surface area contributed by atoms with Gasteiger partial charge in [-0.2, -0.15) is 0 Å². The van der Waals surface area contributed by atoms with Crippen LogP contribution in [0.15, 0.2) is 41.2 Å². The number of rotatable bonds is 4. The first-order valence-corrected chi connectivity index (χ1v) is 13.2. The number of carbonyl (C=O) groups is 1. The molecule has 1 saturated carbocycles. The second kappa shape index (κ2) is 9.55. The fourth-order valence-electron chi connectivity index (χ4n) is 5.62. The van der Waals surface area contributed by atoms with Gasteiger partial charge < -0.3 is 30.8 Å². The maximum absolute atomic E-state index is 13.1. The summed E-state index contributed by atoms with van der Waals surface area (Å²) < 4.78 is 0. The maximum atomic E-state index is 13.1. The summed E-state index contributed by atoms with van der Waals surface area (Å²) in [4.78, 5) is 41.5. The summed E-state index contributed by atoms with van der Waals surface area (Å²) in [7, 11) is 2.14. The number of aromatic nitrogens is 3. The predicted molar refractivity (Wildman–Crippen MR) is 149 cm³/mol. The van der Waals surface area contributed by atoms with Gasteiger partial charge in [0.15, 0.2) is 0 Å². The molecule has 0 atom stereocenters. The third-order valence-corrected chi connectivity index (χ3v) is 7.87. The van der Waals surface area contributed by atoms with Crippen LogP contribution >= 0.6 is 0 Å². The molecule has 0 bridgehead atoms. The first-order valence-electron chi connectivity index (χ1n) is 13.2. The monoisotopic (exact) mass is 499 g/mol. The highest BCUT2D eigenvalue weighted by atomic mass is 16.2. The van der Waals surface area contributed by atoms with E-state index in [1.807, 2.05) is 12.1 Å². The Balaban J connectivity index is 1.32. The molecule has 5 N–H and O–H groups in total. The van der Waals surface area contributed by atoms with Crippen LogP contribution in [0.3, 0.4) is 0 Å². The largest absolute Gasteiger partial charge is 0.397 e. The SMILES string of the molecule is CN1CCN(c2ccc3nc(-c4c(N)c5cc(NC(=O)C6CCCCC6)ccc5[nH]c4=O)[nH]c3c2)CC1. The quantitative estimate of drug-likeness (QED) is 0.337. The van der Waals surface area contributed by atoms with E-state index >= 15 is 0 Å². The first kappa shape index (κ1) is 23.5. The van der Waals surface area contributed by atoms with Crippen molar-refractivity contribution in [3.63, 3.8) is 0 Å². The highest BCUT2D eigenvalue weighted by Gasteiger charge is 2.22. The molecule has 0 radical (unpaired) electrons. The number of aromatic amines is 2. The van der Waals surface area contributed by atoms with Crippen LogP contribution in [-0.4, -0.2) is 59.0 Å². The van der Waals surface area contributed by atoms with Crippen LogP contribution in [0.25, 0.3) is 33.3 Å². The fraction of sp³-hybridized carbons (Fsp3) is 0.393. The number of nitrogens with zero attached hydrogens (tertiary/aromatic N) is 3. The Morgan fingerprint density at radius 1 is 1.00 bits per heavy atom. The number of hydrogen-bond acceptors (Lipinski definition) is 6. The van der Waals surface area contributed by atoms with Gasteiger partial charge in [-0.3, -0.25) is 9.59 Å². The molecule has 6 rings (SSSR count). The minimum atomic E-state index is -0.303. The number of anilines is 3. The Bertz CT molecular complexity index is 1530. The number of fused-ring (bicyclic) bond motifs is 2. The number of amides is 1. The van der Waals surface area contributed by atoms with Crippen molar-refractivity contribution in [3.05, 3.63) is 46.8 Å². The van der Waals surface area contributed by atoms with E-state index in [0.29, 0.717) is 33.7 Å². The molecule has 0 unspecified atom stereocenters. The van der Waals surface area contributed by atoms with Gasteiger partial charge in [-0.15, -0.1) is 0 Å². The van der Waals surface area contributed by atoms with Crippen LogP contribution < -0.4 is 21.5 Å². The fourth-order valence-corrected chi connectivity index (χ4v) is 5.62. The zero-order valence-corrected chi connectivity index (χ0v) is 21.1. The number of nitrogens with one attached hydrogen (secondary N) is 3. The molecule has 2 fully saturated rings. The molecule has 0 spiro atoms. The number of H-pyrrole nitrogens is 2. The topological polar surface area (TPSA) is 123 Å². The summed E-state index contributed by atoms with van der Waals surface area (Å²) in [6.07, 6.45) is 5.26. The maximum Gasteiger partial charge on any atom is 0.261 e. The van der Waals surface area contributed by atoms with Crippen LogP contribution in [0.5, 0.6) is 0 Å². The molecule has 4 aromatic rings. The lowest BCUT2D eigenvalue weighted by Crippen LogP contribution is -2.44. The molecule has 1 aliphatic carbocycles. The molecular weight excluding hydrogens is 466 g/mol. The minimum absolute atomic E-state index is 0.0516. The van der Waals surface area contributed by atoms with Crippen molar-refractivity contribution in [2.45, 2.75) is 32.1 Å². The van der Waals surface area contributed by atoms with Gasteiger partial charge in [0.1, 0.15) is 11.4 Å².